The van der Waals surface area contributed by atoms with Crippen LogP contribution in [0.5, 0.6) is 11.5 Å². The van der Waals surface area contributed by atoms with Crippen LogP contribution in [-0.2, 0) is 6.42 Å². The summed E-state index contributed by atoms with van der Waals surface area (Å²) >= 11 is 1.60. The van der Waals surface area contributed by atoms with E-state index in [1.54, 1.807) is 49.8 Å². The Bertz CT molecular complexity index is 858. The number of carbonyl (C=O) groups excluding carboxylic acids is 1. The standard InChI is InChI=1S/C20H20N2O3S/c1-24-17-7-3-14(4-8-17)19(23)21-12-11-16-13-26-20(22-16)15-5-9-18(25-2)10-6-15/h3-10,13H,11-12H2,1-2H3,(H,21,23). The molecule has 3 aromatic rings. The summed E-state index contributed by atoms with van der Waals surface area (Å²) in [7, 11) is 3.25. The summed E-state index contributed by atoms with van der Waals surface area (Å²) in [4.78, 5) is 16.8. The maximum Gasteiger partial charge on any atom is 0.251 e. The Hall–Kier alpha value is -2.86. The van der Waals surface area contributed by atoms with Gasteiger partial charge in [-0.15, -0.1) is 11.3 Å². The van der Waals surface area contributed by atoms with Crippen molar-refractivity contribution in [1.29, 1.82) is 0 Å². The van der Waals surface area contributed by atoms with E-state index in [4.69, 9.17) is 9.47 Å². The number of nitrogens with zero attached hydrogens (tertiary/aromatic N) is 1. The summed E-state index contributed by atoms with van der Waals surface area (Å²) in [6, 6.07) is 14.9. The molecule has 0 bridgehead atoms. The first-order valence-electron chi connectivity index (χ1n) is 8.20. The van der Waals surface area contributed by atoms with Crippen LogP contribution in [-0.4, -0.2) is 31.7 Å². The number of thiazole rings is 1. The normalized spacial score (nSPS) is 10.4. The van der Waals surface area contributed by atoms with Gasteiger partial charge in [0, 0.05) is 29.5 Å². The van der Waals surface area contributed by atoms with Crippen molar-refractivity contribution in [3.05, 3.63) is 65.2 Å². The molecule has 0 saturated carbocycles. The summed E-state index contributed by atoms with van der Waals surface area (Å²) in [5.41, 5.74) is 2.64. The van der Waals surface area contributed by atoms with Gasteiger partial charge in [0.05, 0.1) is 19.9 Å². The van der Waals surface area contributed by atoms with E-state index in [2.05, 4.69) is 10.3 Å². The van der Waals surface area contributed by atoms with E-state index in [-0.39, 0.29) is 5.91 Å². The zero-order chi connectivity index (χ0) is 18.4. The average Bonchev–Trinajstić information content (AvgIpc) is 3.17. The van der Waals surface area contributed by atoms with Gasteiger partial charge in [-0.05, 0) is 48.5 Å². The third-order valence-corrected chi connectivity index (χ3v) is 4.85. The van der Waals surface area contributed by atoms with Crippen LogP contribution in [0.1, 0.15) is 16.1 Å². The molecular formula is C20H20N2O3S. The molecule has 134 valence electrons. The number of methoxy groups -OCH3 is 2. The van der Waals surface area contributed by atoms with Crippen molar-refractivity contribution in [2.24, 2.45) is 0 Å². The fourth-order valence-corrected chi connectivity index (χ4v) is 3.30. The van der Waals surface area contributed by atoms with E-state index in [1.165, 1.54) is 0 Å². The van der Waals surface area contributed by atoms with Crippen LogP contribution in [0.15, 0.2) is 53.9 Å². The molecule has 3 rings (SSSR count). The number of hydrogen-bond donors (Lipinski definition) is 1. The van der Waals surface area contributed by atoms with E-state index in [0.717, 1.165) is 27.8 Å². The van der Waals surface area contributed by atoms with Gasteiger partial charge < -0.3 is 14.8 Å². The molecule has 26 heavy (non-hydrogen) atoms. The highest BCUT2D eigenvalue weighted by atomic mass is 32.1. The molecule has 1 amide bonds. The molecule has 0 spiro atoms. The van der Waals surface area contributed by atoms with Crippen molar-refractivity contribution >= 4 is 17.2 Å². The van der Waals surface area contributed by atoms with Gasteiger partial charge in [0.1, 0.15) is 16.5 Å². The Balaban J connectivity index is 1.53. The molecule has 0 aliphatic heterocycles. The van der Waals surface area contributed by atoms with Crippen molar-refractivity contribution in [2.45, 2.75) is 6.42 Å². The fourth-order valence-electron chi connectivity index (χ4n) is 2.44. The molecule has 0 atom stereocenters. The number of rotatable bonds is 7. The number of benzene rings is 2. The molecule has 0 aliphatic carbocycles. The summed E-state index contributed by atoms with van der Waals surface area (Å²) in [6.07, 6.45) is 0.689. The van der Waals surface area contributed by atoms with Gasteiger partial charge in [0.2, 0.25) is 0 Å². The molecule has 2 aromatic carbocycles. The predicted molar refractivity (Wildman–Crippen MR) is 103 cm³/mol. The maximum atomic E-state index is 12.1. The predicted octanol–water partition coefficient (Wildman–Crippen LogP) is 3.80. The minimum Gasteiger partial charge on any atom is -0.497 e. The van der Waals surface area contributed by atoms with Crippen molar-refractivity contribution in [3.63, 3.8) is 0 Å². The van der Waals surface area contributed by atoms with Crippen molar-refractivity contribution in [3.8, 4) is 22.1 Å². The van der Waals surface area contributed by atoms with E-state index in [0.29, 0.717) is 18.5 Å². The van der Waals surface area contributed by atoms with Crippen LogP contribution >= 0.6 is 11.3 Å². The molecule has 6 heteroatoms. The highest BCUT2D eigenvalue weighted by molar-refractivity contribution is 7.13. The second-order valence-electron chi connectivity index (χ2n) is 5.61. The number of aromatic nitrogens is 1. The van der Waals surface area contributed by atoms with Crippen LogP contribution in [0, 0.1) is 0 Å². The quantitative estimate of drug-likeness (QED) is 0.689. The van der Waals surface area contributed by atoms with Crippen LogP contribution in [0.4, 0.5) is 0 Å². The summed E-state index contributed by atoms with van der Waals surface area (Å²) in [6.45, 7) is 0.538. The minimum absolute atomic E-state index is 0.0988. The SMILES string of the molecule is COc1ccc(C(=O)NCCc2csc(-c3ccc(OC)cc3)n2)cc1. The number of amides is 1. The minimum atomic E-state index is -0.0988. The Morgan fingerprint density at radius 3 is 2.23 bits per heavy atom. The maximum absolute atomic E-state index is 12.1. The molecule has 0 saturated heterocycles. The van der Waals surface area contributed by atoms with Crippen molar-refractivity contribution in [2.75, 3.05) is 20.8 Å². The molecule has 1 heterocycles. The Labute approximate surface area is 156 Å². The summed E-state index contributed by atoms with van der Waals surface area (Å²) in [5, 5.41) is 5.91. The van der Waals surface area contributed by atoms with Gasteiger partial charge in [0.15, 0.2) is 0 Å². The van der Waals surface area contributed by atoms with Gasteiger partial charge in [-0.25, -0.2) is 4.98 Å². The second-order valence-corrected chi connectivity index (χ2v) is 6.47. The lowest BCUT2D eigenvalue weighted by Gasteiger charge is -2.05. The van der Waals surface area contributed by atoms with Gasteiger partial charge in [-0.3, -0.25) is 4.79 Å². The lowest BCUT2D eigenvalue weighted by Crippen LogP contribution is -2.25. The Kier molecular flexibility index (Phi) is 5.86. The van der Waals surface area contributed by atoms with Crippen LogP contribution < -0.4 is 14.8 Å². The third kappa shape index (κ3) is 4.40. The van der Waals surface area contributed by atoms with E-state index < -0.39 is 0 Å². The van der Waals surface area contributed by atoms with E-state index in [1.807, 2.05) is 29.6 Å². The van der Waals surface area contributed by atoms with E-state index >= 15 is 0 Å². The zero-order valence-corrected chi connectivity index (χ0v) is 15.5. The van der Waals surface area contributed by atoms with E-state index in [9.17, 15) is 4.79 Å². The molecule has 0 unspecified atom stereocenters. The van der Waals surface area contributed by atoms with Crippen molar-refractivity contribution < 1.29 is 14.3 Å². The first-order chi connectivity index (χ1) is 12.7. The summed E-state index contributed by atoms with van der Waals surface area (Å²) in [5.74, 6) is 1.46. The van der Waals surface area contributed by atoms with Gasteiger partial charge in [0.25, 0.3) is 5.91 Å². The first-order valence-corrected chi connectivity index (χ1v) is 9.08. The molecule has 1 aromatic heterocycles. The number of nitrogens with one attached hydrogen (secondary N) is 1. The highest BCUT2D eigenvalue weighted by Crippen LogP contribution is 2.25. The first kappa shape index (κ1) is 17.9. The molecule has 0 aliphatic rings. The second kappa shape index (κ2) is 8.49. The van der Waals surface area contributed by atoms with Crippen LogP contribution in [0.2, 0.25) is 0 Å². The van der Waals surface area contributed by atoms with Crippen LogP contribution in [0.25, 0.3) is 10.6 Å². The number of hydrogen-bond acceptors (Lipinski definition) is 5. The van der Waals surface area contributed by atoms with Gasteiger partial charge in [-0.1, -0.05) is 0 Å². The zero-order valence-electron chi connectivity index (χ0n) is 14.7. The lowest BCUT2D eigenvalue weighted by molar-refractivity contribution is 0.0954. The van der Waals surface area contributed by atoms with Crippen molar-refractivity contribution in [1.82, 2.24) is 10.3 Å². The number of ether oxygens (including phenoxy) is 2. The monoisotopic (exact) mass is 368 g/mol. The molecule has 5 nitrogen and oxygen atoms in total. The Morgan fingerprint density at radius 2 is 1.62 bits per heavy atom. The topological polar surface area (TPSA) is 60.5 Å². The molecule has 0 fully saturated rings. The molecule has 0 radical (unpaired) electrons. The molecular weight excluding hydrogens is 348 g/mol. The summed E-state index contributed by atoms with van der Waals surface area (Å²) < 4.78 is 10.3. The molecule has 1 N–H and O–H groups in total. The van der Waals surface area contributed by atoms with Gasteiger partial charge >= 0.3 is 0 Å². The highest BCUT2D eigenvalue weighted by Gasteiger charge is 2.08. The van der Waals surface area contributed by atoms with Gasteiger partial charge in [-0.2, -0.15) is 0 Å². The third-order valence-electron chi connectivity index (χ3n) is 3.91. The lowest BCUT2D eigenvalue weighted by atomic mass is 10.2. The van der Waals surface area contributed by atoms with Crippen LogP contribution in [0.3, 0.4) is 0 Å². The average molecular weight is 368 g/mol. The fraction of sp³-hybridized carbons (Fsp3) is 0.200. The number of carbonyl (C=O) groups is 1. The smallest absolute Gasteiger partial charge is 0.251 e. The largest absolute Gasteiger partial charge is 0.497 e. The Morgan fingerprint density at radius 1 is 1.00 bits per heavy atom.